The summed E-state index contributed by atoms with van der Waals surface area (Å²) in [5.41, 5.74) is -1.64. The van der Waals surface area contributed by atoms with Crippen LogP contribution < -0.4 is 0 Å². The van der Waals surface area contributed by atoms with Crippen LogP contribution in [-0.4, -0.2) is 17.4 Å². The Morgan fingerprint density at radius 3 is 2.29 bits per heavy atom. The number of hydrogen-bond acceptors (Lipinski definition) is 3. The minimum atomic E-state index is -0.870. The van der Waals surface area contributed by atoms with Crippen molar-refractivity contribution < 1.29 is 14.3 Å². The first-order valence-electron chi connectivity index (χ1n) is 6.38. The summed E-state index contributed by atoms with van der Waals surface area (Å²) in [6, 6.07) is 0. The highest BCUT2D eigenvalue weighted by atomic mass is 16.6. The summed E-state index contributed by atoms with van der Waals surface area (Å²) < 4.78 is 5.49. The molecule has 0 saturated heterocycles. The molecule has 0 heterocycles. The third kappa shape index (κ3) is 1.54. The molecule has 0 aromatic heterocycles. The standard InChI is InChI=1S/C14H22O3/c1-12(2,3)17-11(16)14-7-6-9(8-10(14)15)13(14,4)5/h9H,6-8H2,1-5H3/t9-,14+/m1/s1. The van der Waals surface area contributed by atoms with Gasteiger partial charge in [0.2, 0.25) is 0 Å². The number of Topliss-reactive ketones (excluding diaryl/α,β-unsaturated/α-hetero) is 1. The van der Waals surface area contributed by atoms with Crippen molar-refractivity contribution in [2.75, 3.05) is 0 Å². The number of hydrogen-bond donors (Lipinski definition) is 0. The number of ketones is 1. The molecular formula is C14H22O3. The lowest BCUT2D eigenvalue weighted by molar-refractivity contribution is -0.174. The van der Waals surface area contributed by atoms with Crippen LogP contribution in [0.2, 0.25) is 0 Å². The second-order valence-corrected chi connectivity index (χ2v) is 6.99. The third-order valence-corrected chi connectivity index (χ3v) is 4.64. The fourth-order valence-electron chi connectivity index (χ4n) is 3.52. The van der Waals surface area contributed by atoms with Gasteiger partial charge in [-0.25, -0.2) is 0 Å². The third-order valence-electron chi connectivity index (χ3n) is 4.64. The first kappa shape index (κ1) is 12.6. The predicted molar refractivity (Wildman–Crippen MR) is 64.4 cm³/mol. The fraction of sp³-hybridized carbons (Fsp3) is 0.857. The molecular weight excluding hydrogens is 216 g/mol. The van der Waals surface area contributed by atoms with E-state index in [2.05, 4.69) is 0 Å². The number of esters is 1. The van der Waals surface area contributed by atoms with Crippen LogP contribution in [0.4, 0.5) is 0 Å². The Kier molecular flexibility index (Phi) is 2.47. The molecule has 0 aliphatic heterocycles. The van der Waals surface area contributed by atoms with E-state index in [-0.39, 0.29) is 17.2 Å². The van der Waals surface area contributed by atoms with Crippen LogP contribution >= 0.6 is 0 Å². The molecule has 0 unspecified atom stereocenters. The van der Waals surface area contributed by atoms with Gasteiger partial charge in [-0.15, -0.1) is 0 Å². The number of carbonyl (C=O) groups is 2. The second-order valence-electron chi connectivity index (χ2n) is 6.99. The Morgan fingerprint density at radius 2 is 1.94 bits per heavy atom. The number of rotatable bonds is 1. The smallest absolute Gasteiger partial charge is 0.320 e. The van der Waals surface area contributed by atoms with Gasteiger partial charge in [0.05, 0.1) is 0 Å². The SMILES string of the molecule is CC(C)(C)OC(=O)[C@]12CC[C@H](CC1=O)C2(C)C. The van der Waals surface area contributed by atoms with Gasteiger partial charge in [0, 0.05) is 6.42 Å². The van der Waals surface area contributed by atoms with E-state index in [1.165, 1.54) is 0 Å². The van der Waals surface area contributed by atoms with E-state index in [1.807, 2.05) is 34.6 Å². The van der Waals surface area contributed by atoms with E-state index < -0.39 is 11.0 Å². The highest BCUT2D eigenvalue weighted by Crippen LogP contribution is 2.64. The summed E-state index contributed by atoms with van der Waals surface area (Å²) in [4.78, 5) is 24.6. The molecule has 3 heteroatoms. The van der Waals surface area contributed by atoms with Crippen LogP contribution in [0.1, 0.15) is 53.9 Å². The molecule has 17 heavy (non-hydrogen) atoms. The van der Waals surface area contributed by atoms with Gasteiger partial charge >= 0.3 is 5.97 Å². The molecule has 0 aromatic rings. The van der Waals surface area contributed by atoms with E-state index in [1.54, 1.807) is 0 Å². The van der Waals surface area contributed by atoms with Crippen molar-refractivity contribution in [2.24, 2.45) is 16.7 Å². The lowest BCUT2D eigenvalue weighted by Crippen LogP contribution is -2.46. The lowest BCUT2D eigenvalue weighted by Gasteiger charge is -2.36. The summed E-state index contributed by atoms with van der Waals surface area (Å²) in [7, 11) is 0. The second kappa shape index (κ2) is 3.33. The van der Waals surface area contributed by atoms with Crippen LogP contribution in [0.15, 0.2) is 0 Å². The molecule has 0 amide bonds. The molecule has 0 spiro atoms. The Balaban J connectivity index is 2.35. The maximum absolute atomic E-state index is 12.4. The van der Waals surface area contributed by atoms with Crippen molar-refractivity contribution >= 4 is 11.8 Å². The zero-order chi connectivity index (χ0) is 13.1. The molecule has 2 rings (SSSR count). The largest absolute Gasteiger partial charge is 0.459 e. The highest BCUT2D eigenvalue weighted by molar-refractivity contribution is 6.07. The van der Waals surface area contributed by atoms with Gasteiger partial charge in [-0.3, -0.25) is 9.59 Å². The summed E-state index contributed by atoms with van der Waals surface area (Å²) in [6.07, 6.45) is 2.18. The van der Waals surface area contributed by atoms with Crippen molar-refractivity contribution in [1.82, 2.24) is 0 Å². The van der Waals surface area contributed by atoms with E-state index >= 15 is 0 Å². The Labute approximate surface area is 103 Å². The quantitative estimate of drug-likeness (QED) is 0.521. The van der Waals surface area contributed by atoms with Crippen LogP contribution in [-0.2, 0) is 14.3 Å². The van der Waals surface area contributed by atoms with Gasteiger partial charge in [-0.2, -0.15) is 0 Å². The van der Waals surface area contributed by atoms with Crippen molar-refractivity contribution in [3.8, 4) is 0 Å². The summed E-state index contributed by atoms with van der Waals surface area (Å²) in [5.74, 6) is 0.135. The molecule has 96 valence electrons. The molecule has 2 aliphatic rings. The number of fused-ring (bicyclic) bond motifs is 2. The first-order valence-corrected chi connectivity index (χ1v) is 6.38. The summed E-state index contributed by atoms with van der Waals surface area (Å²) in [5, 5.41) is 0. The summed E-state index contributed by atoms with van der Waals surface area (Å²) >= 11 is 0. The van der Waals surface area contributed by atoms with E-state index in [0.717, 1.165) is 6.42 Å². The first-order chi connectivity index (χ1) is 7.61. The molecule has 3 nitrogen and oxygen atoms in total. The normalized spacial score (nSPS) is 35.1. The fourth-order valence-corrected chi connectivity index (χ4v) is 3.52. The van der Waals surface area contributed by atoms with Crippen molar-refractivity contribution in [3.63, 3.8) is 0 Å². The number of carbonyl (C=O) groups excluding carboxylic acids is 2. The molecule has 2 fully saturated rings. The lowest BCUT2D eigenvalue weighted by atomic mass is 9.69. The van der Waals surface area contributed by atoms with Gasteiger partial charge in [0.1, 0.15) is 11.0 Å². The maximum atomic E-state index is 12.4. The Morgan fingerprint density at radius 1 is 1.35 bits per heavy atom. The van der Waals surface area contributed by atoms with E-state index in [0.29, 0.717) is 18.8 Å². The van der Waals surface area contributed by atoms with Gasteiger partial charge in [-0.1, -0.05) is 13.8 Å². The molecule has 2 bridgehead atoms. The Bertz CT molecular complexity index is 375. The van der Waals surface area contributed by atoms with Gasteiger partial charge in [0.15, 0.2) is 5.78 Å². The topological polar surface area (TPSA) is 43.4 Å². The summed E-state index contributed by atoms with van der Waals surface area (Å²) in [6.45, 7) is 9.63. The van der Waals surface area contributed by atoms with Crippen LogP contribution in [0.5, 0.6) is 0 Å². The molecule has 2 saturated carbocycles. The van der Waals surface area contributed by atoms with Crippen LogP contribution in [0.3, 0.4) is 0 Å². The maximum Gasteiger partial charge on any atom is 0.320 e. The zero-order valence-corrected chi connectivity index (χ0v) is 11.4. The number of ether oxygens (including phenoxy) is 1. The minimum absolute atomic E-state index is 0.0907. The minimum Gasteiger partial charge on any atom is -0.459 e. The molecule has 2 atom stereocenters. The van der Waals surface area contributed by atoms with Gasteiger partial charge < -0.3 is 4.74 Å². The van der Waals surface area contributed by atoms with Crippen molar-refractivity contribution in [3.05, 3.63) is 0 Å². The average Bonchev–Trinajstić information content (AvgIpc) is 2.47. The van der Waals surface area contributed by atoms with Crippen LogP contribution in [0.25, 0.3) is 0 Å². The Hall–Kier alpha value is -0.860. The molecule has 0 N–H and O–H groups in total. The zero-order valence-electron chi connectivity index (χ0n) is 11.4. The molecule has 2 aliphatic carbocycles. The van der Waals surface area contributed by atoms with E-state index in [4.69, 9.17) is 4.74 Å². The van der Waals surface area contributed by atoms with Crippen molar-refractivity contribution in [1.29, 1.82) is 0 Å². The van der Waals surface area contributed by atoms with Crippen LogP contribution in [0, 0.1) is 16.7 Å². The van der Waals surface area contributed by atoms with E-state index in [9.17, 15) is 9.59 Å². The highest BCUT2D eigenvalue weighted by Gasteiger charge is 2.69. The van der Waals surface area contributed by atoms with Crippen molar-refractivity contribution in [2.45, 2.75) is 59.5 Å². The van der Waals surface area contributed by atoms with Gasteiger partial charge in [-0.05, 0) is 44.9 Å². The van der Waals surface area contributed by atoms with Gasteiger partial charge in [0.25, 0.3) is 0 Å². The molecule has 0 aromatic carbocycles. The molecule has 0 radical (unpaired) electrons. The average molecular weight is 238 g/mol. The predicted octanol–water partition coefficient (Wildman–Crippen LogP) is 2.72. The monoisotopic (exact) mass is 238 g/mol.